The number of methoxy groups -OCH3 is 1. The smallest absolute Gasteiger partial charge is 0.0733 e. The van der Waals surface area contributed by atoms with Crippen molar-refractivity contribution in [2.24, 2.45) is 5.92 Å². The van der Waals surface area contributed by atoms with E-state index in [0.717, 1.165) is 12.5 Å². The lowest BCUT2D eigenvalue weighted by Gasteiger charge is -2.23. The predicted molar refractivity (Wildman–Crippen MR) is 72.2 cm³/mol. The second-order valence-corrected chi connectivity index (χ2v) is 4.98. The zero-order valence-corrected chi connectivity index (χ0v) is 10.7. The van der Waals surface area contributed by atoms with Gasteiger partial charge in [0.1, 0.15) is 0 Å². The maximum absolute atomic E-state index is 5.22. The van der Waals surface area contributed by atoms with Gasteiger partial charge < -0.3 is 10.1 Å². The zero-order valence-electron chi connectivity index (χ0n) is 10.7. The molecule has 1 saturated carbocycles. The highest BCUT2D eigenvalue weighted by Gasteiger charge is 2.13. The Morgan fingerprint density at radius 3 is 2.71 bits per heavy atom. The molecule has 0 bridgehead atoms. The van der Waals surface area contributed by atoms with Gasteiger partial charge in [-0.3, -0.25) is 0 Å². The van der Waals surface area contributed by atoms with Crippen molar-refractivity contribution in [3.05, 3.63) is 29.8 Å². The molecule has 0 radical (unpaired) electrons. The fourth-order valence-corrected chi connectivity index (χ4v) is 2.62. The van der Waals surface area contributed by atoms with E-state index < -0.39 is 0 Å². The minimum absolute atomic E-state index is 0.688. The van der Waals surface area contributed by atoms with Gasteiger partial charge in [0.2, 0.25) is 0 Å². The molecule has 0 heterocycles. The monoisotopic (exact) mass is 233 g/mol. The molecule has 94 valence electrons. The van der Waals surface area contributed by atoms with Gasteiger partial charge in [0.25, 0.3) is 0 Å². The lowest BCUT2D eigenvalue weighted by atomic mass is 9.89. The van der Waals surface area contributed by atoms with Crippen molar-refractivity contribution in [3.8, 4) is 0 Å². The summed E-state index contributed by atoms with van der Waals surface area (Å²) in [6, 6.07) is 8.44. The molecule has 0 aromatic heterocycles. The first-order chi connectivity index (χ1) is 8.40. The van der Waals surface area contributed by atoms with Crippen LogP contribution in [0.1, 0.15) is 37.7 Å². The molecule has 1 aromatic rings. The van der Waals surface area contributed by atoms with Crippen molar-refractivity contribution in [2.75, 3.05) is 19.0 Å². The van der Waals surface area contributed by atoms with Crippen LogP contribution in [-0.2, 0) is 11.3 Å². The molecule has 1 aliphatic carbocycles. The van der Waals surface area contributed by atoms with Gasteiger partial charge in [0.15, 0.2) is 0 Å². The SMILES string of the molecule is COCc1ccccc1NCC1CCCCC1. The highest BCUT2D eigenvalue weighted by molar-refractivity contribution is 5.50. The first kappa shape index (κ1) is 12.4. The molecule has 1 aliphatic rings. The number of nitrogens with one attached hydrogen (secondary N) is 1. The lowest BCUT2D eigenvalue weighted by molar-refractivity contribution is 0.185. The third-order valence-electron chi connectivity index (χ3n) is 3.62. The van der Waals surface area contributed by atoms with Crippen LogP contribution in [0.3, 0.4) is 0 Å². The molecule has 0 atom stereocenters. The number of hydrogen-bond donors (Lipinski definition) is 1. The summed E-state index contributed by atoms with van der Waals surface area (Å²) in [4.78, 5) is 0. The largest absolute Gasteiger partial charge is 0.384 e. The Morgan fingerprint density at radius 1 is 1.18 bits per heavy atom. The van der Waals surface area contributed by atoms with Crippen LogP contribution in [0.25, 0.3) is 0 Å². The van der Waals surface area contributed by atoms with E-state index in [1.807, 2.05) is 0 Å². The van der Waals surface area contributed by atoms with E-state index in [-0.39, 0.29) is 0 Å². The summed E-state index contributed by atoms with van der Waals surface area (Å²) in [5.74, 6) is 0.861. The van der Waals surface area contributed by atoms with Gasteiger partial charge in [0.05, 0.1) is 6.61 Å². The molecule has 17 heavy (non-hydrogen) atoms. The van der Waals surface area contributed by atoms with E-state index >= 15 is 0 Å². The number of para-hydroxylation sites is 1. The van der Waals surface area contributed by atoms with Crippen LogP contribution in [0.5, 0.6) is 0 Å². The van der Waals surface area contributed by atoms with E-state index in [2.05, 4.69) is 29.6 Å². The maximum atomic E-state index is 5.22. The standard InChI is InChI=1S/C15H23NO/c1-17-12-14-9-5-6-10-15(14)16-11-13-7-3-2-4-8-13/h5-6,9-10,13,16H,2-4,7-8,11-12H2,1H3. The number of rotatable bonds is 5. The quantitative estimate of drug-likeness (QED) is 0.834. The van der Waals surface area contributed by atoms with E-state index in [0.29, 0.717) is 6.61 Å². The Hall–Kier alpha value is -1.02. The Labute approximate surface area is 104 Å². The zero-order chi connectivity index (χ0) is 11.9. The molecule has 1 N–H and O–H groups in total. The van der Waals surface area contributed by atoms with Gasteiger partial charge in [-0.25, -0.2) is 0 Å². The second kappa shape index (κ2) is 6.65. The highest BCUT2D eigenvalue weighted by atomic mass is 16.5. The van der Waals surface area contributed by atoms with Crippen molar-refractivity contribution in [1.29, 1.82) is 0 Å². The van der Waals surface area contributed by atoms with E-state index in [4.69, 9.17) is 4.74 Å². The minimum Gasteiger partial charge on any atom is -0.384 e. The van der Waals surface area contributed by atoms with Gasteiger partial charge in [-0.15, -0.1) is 0 Å². The fourth-order valence-electron chi connectivity index (χ4n) is 2.62. The van der Waals surface area contributed by atoms with E-state index in [9.17, 15) is 0 Å². The minimum atomic E-state index is 0.688. The van der Waals surface area contributed by atoms with Gasteiger partial charge in [0, 0.05) is 24.9 Å². The number of benzene rings is 1. The molecule has 1 fully saturated rings. The molecule has 0 unspecified atom stereocenters. The van der Waals surface area contributed by atoms with E-state index in [1.54, 1.807) is 7.11 Å². The fraction of sp³-hybridized carbons (Fsp3) is 0.600. The molecular formula is C15H23NO. The van der Waals surface area contributed by atoms with Crippen LogP contribution >= 0.6 is 0 Å². The van der Waals surface area contributed by atoms with Crippen molar-refractivity contribution < 1.29 is 4.74 Å². The molecule has 0 saturated heterocycles. The summed E-state index contributed by atoms with van der Waals surface area (Å²) >= 11 is 0. The summed E-state index contributed by atoms with van der Waals surface area (Å²) in [6.07, 6.45) is 7.02. The molecule has 2 nitrogen and oxygen atoms in total. The summed E-state index contributed by atoms with van der Waals surface area (Å²) in [6.45, 7) is 1.80. The molecule has 0 spiro atoms. The first-order valence-corrected chi connectivity index (χ1v) is 6.71. The summed E-state index contributed by atoms with van der Waals surface area (Å²) < 4.78 is 5.22. The summed E-state index contributed by atoms with van der Waals surface area (Å²) in [5, 5.41) is 3.59. The van der Waals surface area contributed by atoms with Gasteiger partial charge in [-0.2, -0.15) is 0 Å². The average molecular weight is 233 g/mol. The van der Waals surface area contributed by atoms with E-state index in [1.165, 1.54) is 43.4 Å². The van der Waals surface area contributed by atoms with Crippen molar-refractivity contribution in [3.63, 3.8) is 0 Å². The maximum Gasteiger partial charge on any atom is 0.0733 e. The van der Waals surface area contributed by atoms with Crippen LogP contribution in [0.2, 0.25) is 0 Å². The number of hydrogen-bond acceptors (Lipinski definition) is 2. The molecule has 1 aromatic carbocycles. The second-order valence-electron chi connectivity index (χ2n) is 4.98. The predicted octanol–water partition coefficient (Wildman–Crippen LogP) is 3.83. The lowest BCUT2D eigenvalue weighted by Crippen LogP contribution is -2.17. The highest BCUT2D eigenvalue weighted by Crippen LogP contribution is 2.24. The number of ether oxygens (including phenoxy) is 1. The Kier molecular flexibility index (Phi) is 4.87. The molecule has 0 amide bonds. The van der Waals surface area contributed by atoms with Gasteiger partial charge >= 0.3 is 0 Å². The Bertz CT molecular complexity index is 331. The van der Waals surface area contributed by atoms with Crippen LogP contribution in [0.15, 0.2) is 24.3 Å². The van der Waals surface area contributed by atoms with Crippen molar-refractivity contribution in [2.45, 2.75) is 38.7 Å². The summed E-state index contributed by atoms with van der Waals surface area (Å²) in [5.41, 5.74) is 2.49. The van der Waals surface area contributed by atoms with Crippen molar-refractivity contribution in [1.82, 2.24) is 0 Å². The molecular weight excluding hydrogens is 210 g/mol. The number of anilines is 1. The topological polar surface area (TPSA) is 21.3 Å². The molecule has 2 heteroatoms. The Morgan fingerprint density at radius 2 is 1.94 bits per heavy atom. The summed E-state index contributed by atoms with van der Waals surface area (Å²) in [7, 11) is 1.75. The van der Waals surface area contributed by atoms with Crippen LogP contribution in [-0.4, -0.2) is 13.7 Å². The van der Waals surface area contributed by atoms with Crippen LogP contribution in [0, 0.1) is 5.92 Å². The third-order valence-corrected chi connectivity index (χ3v) is 3.62. The third kappa shape index (κ3) is 3.74. The van der Waals surface area contributed by atoms with Crippen molar-refractivity contribution >= 4 is 5.69 Å². The first-order valence-electron chi connectivity index (χ1n) is 6.71. The molecule has 2 rings (SSSR count). The molecule has 0 aliphatic heterocycles. The Balaban J connectivity index is 1.88. The average Bonchev–Trinajstić information content (AvgIpc) is 2.39. The van der Waals surface area contributed by atoms with Crippen LogP contribution in [0.4, 0.5) is 5.69 Å². The van der Waals surface area contributed by atoms with Gasteiger partial charge in [-0.1, -0.05) is 37.5 Å². The van der Waals surface area contributed by atoms with Crippen LogP contribution < -0.4 is 5.32 Å². The van der Waals surface area contributed by atoms with Gasteiger partial charge in [-0.05, 0) is 24.8 Å². The normalized spacial score (nSPS) is 17.0.